The molecular formula is C38H22N4S. The zero-order valence-electron chi connectivity index (χ0n) is 22.9. The average Bonchev–Trinajstić information content (AvgIpc) is 3.71. The zero-order chi connectivity index (χ0) is 28.1. The van der Waals surface area contributed by atoms with Crippen molar-refractivity contribution in [3.8, 4) is 11.8 Å². The normalized spacial score (nSPS) is 12.2. The van der Waals surface area contributed by atoms with Crippen LogP contribution in [-0.2, 0) is 0 Å². The number of fused-ring (bicyclic) bond motifs is 10. The highest BCUT2D eigenvalue weighted by Crippen LogP contribution is 2.42. The van der Waals surface area contributed by atoms with Crippen LogP contribution in [0.2, 0.25) is 0 Å². The molecule has 4 aromatic heterocycles. The summed E-state index contributed by atoms with van der Waals surface area (Å²) in [6.07, 6.45) is 0. The van der Waals surface area contributed by atoms with E-state index in [9.17, 15) is 0 Å². The SMILES string of the molecule is c1ccc2cc3c(cc2c1)sc1c(-n2c4ccccc4c4ccccc42)nc(-n2c4ccccc4c4ccccc42)nc13. The van der Waals surface area contributed by atoms with Crippen molar-refractivity contribution in [3.63, 3.8) is 0 Å². The van der Waals surface area contributed by atoms with E-state index < -0.39 is 0 Å². The van der Waals surface area contributed by atoms with E-state index >= 15 is 0 Å². The van der Waals surface area contributed by atoms with Crippen LogP contribution in [0.25, 0.3) is 86.5 Å². The first-order chi connectivity index (χ1) is 21.3. The van der Waals surface area contributed by atoms with Gasteiger partial charge in [0.15, 0.2) is 5.82 Å². The van der Waals surface area contributed by atoms with E-state index in [0.29, 0.717) is 5.95 Å². The van der Waals surface area contributed by atoms with Crippen LogP contribution in [0.3, 0.4) is 0 Å². The minimum absolute atomic E-state index is 0.676. The number of rotatable bonds is 2. The molecular weight excluding hydrogens is 545 g/mol. The third kappa shape index (κ3) is 3.14. The molecule has 43 heavy (non-hydrogen) atoms. The van der Waals surface area contributed by atoms with Gasteiger partial charge in [-0.05, 0) is 47.2 Å². The Bertz CT molecular complexity index is 2640. The minimum atomic E-state index is 0.676. The second-order valence-corrected chi connectivity index (χ2v) is 12.1. The lowest BCUT2D eigenvalue weighted by molar-refractivity contribution is 0.976. The molecule has 200 valence electrons. The Labute approximate surface area is 249 Å². The Morgan fingerprint density at radius 3 is 1.47 bits per heavy atom. The number of hydrogen-bond acceptors (Lipinski definition) is 3. The predicted molar refractivity (Wildman–Crippen MR) is 181 cm³/mol. The van der Waals surface area contributed by atoms with E-state index in [2.05, 4.69) is 143 Å². The van der Waals surface area contributed by atoms with Gasteiger partial charge in [0.05, 0.1) is 32.3 Å². The van der Waals surface area contributed by atoms with Gasteiger partial charge in [0.1, 0.15) is 0 Å². The summed E-state index contributed by atoms with van der Waals surface area (Å²) in [5.41, 5.74) is 5.45. The number of para-hydroxylation sites is 4. The van der Waals surface area contributed by atoms with Crippen LogP contribution in [0, 0.1) is 0 Å². The van der Waals surface area contributed by atoms with E-state index in [-0.39, 0.29) is 0 Å². The lowest BCUT2D eigenvalue weighted by Crippen LogP contribution is -2.06. The molecule has 4 heterocycles. The second-order valence-electron chi connectivity index (χ2n) is 11.1. The lowest BCUT2D eigenvalue weighted by Gasteiger charge is -2.12. The summed E-state index contributed by atoms with van der Waals surface area (Å²) in [5, 5.41) is 8.43. The maximum absolute atomic E-state index is 5.48. The molecule has 0 fully saturated rings. The Hall–Kier alpha value is -5.52. The van der Waals surface area contributed by atoms with Gasteiger partial charge in [-0.15, -0.1) is 11.3 Å². The van der Waals surface area contributed by atoms with Crippen LogP contribution in [0.15, 0.2) is 133 Å². The highest BCUT2D eigenvalue weighted by Gasteiger charge is 2.22. The molecule has 0 aliphatic heterocycles. The number of benzene rings is 6. The molecule has 0 unspecified atom stereocenters. The Morgan fingerprint density at radius 2 is 0.907 bits per heavy atom. The molecule has 0 N–H and O–H groups in total. The fourth-order valence-electron chi connectivity index (χ4n) is 6.84. The first-order valence-electron chi connectivity index (χ1n) is 14.4. The van der Waals surface area contributed by atoms with Crippen molar-refractivity contribution in [1.29, 1.82) is 0 Å². The highest BCUT2D eigenvalue weighted by molar-refractivity contribution is 7.26. The smallest absolute Gasteiger partial charge is 0.237 e. The number of nitrogens with zero attached hydrogens (tertiary/aromatic N) is 4. The topological polar surface area (TPSA) is 35.6 Å². The van der Waals surface area contributed by atoms with Crippen molar-refractivity contribution < 1.29 is 0 Å². The van der Waals surface area contributed by atoms with Gasteiger partial charge in [-0.2, -0.15) is 4.98 Å². The predicted octanol–water partition coefficient (Wildman–Crippen LogP) is 10.2. The fraction of sp³-hybridized carbons (Fsp3) is 0. The summed E-state index contributed by atoms with van der Waals surface area (Å²) in [6.45, 7) is 0. The van der Waals surface area contributed by atoms with Crippen molar-refractivity contribution >= 4 is 86.0 Å². The molecule has 0 saturated carbocycles. The summed E-state index contributed by atoms with van der Waals surface area (Å²) in [4.78, 5) is 10.9. The molecule has 0 saturated heterocycles. The Kier molecular flexibility index (Phi) is 4.57. The van der Waals surface area contributed by atoms with Gasteiger partial charge < -0.3 is 0 Å². The quantitative estimate of drug-likeness (QED) is 0.209. The second kappa shape index (κ2) is 8.51. The Morgan fingerprint density at radius 1 is 0.442 bits per heavy atom. The maximum Gasteiger partial charge on any atom is 0.237 e. The summed E-state index contributed by atoms with van der Waals surface area (Å²) in [6, 6.07) is 47.5. The van der Waals surface area contributed by atoms with E-state index in [4.69, 9.17) is 9.97 Å². The van der Waals surface area contributed by atoms with Gasteiger partial charge in [-0.25, -0.2) is 4.98 Å². The standard InChI is InChI=1S/C38H22N4S/c1-2-12-24-22-34-29(21-23(24)11-1)35-36(43-34)37(41-30-17-7-3-13-25(30)26-14-4-8-18-31(26)41)40-38(39-35)42-32-19-9-5-15-27(32)28-16-6-10-20-33(28)42/h1-22H. The largest absolute Gasteiger partial charge is 0.292 e. The van der Waals surface area contributed by atoms with E-state index in [0.717, 1.165) is 43.5 Å². The summed E-state index contributed by atoms with van der Waals surface area (Å²) >= 11 is 1.78. The molecule has 0 bridgehead atoms. The zero-order valence-corrected chi connectivity index (χ0v) is 23.7. The minimum Gasteiger partial charge on any atom is -0.292 e. The Balaban J connectivity index is 1.42. The molecule has 5 heteroatoms. The average molecular weight is 567 g/mol. The molecule has 10 rings (SSSR count). The van der Waals surface area contributed by atoms with E-state index in [1.165, 1.54) is 37.0 Å². The fourth-order valence-corrected chi connectivity index (χ4v) is 7.99. The number of hydrogen-bond donors (Lipinski definition) is 0. The number of aromatic nitrogens is 4. The van der Waals surface area contributed by atoms with Crippen LogP contribution in [0.5, 0.6) is 0 Å². The molecule has 0 radical (unpaired) electrons. The van der Waals surface area contributed by atoms with Crippen molar-refractivity contribution in [1.82, 2.24) is 19.1 Å². The van der Waals surface area contributed by atoms with E-state index in [1.54, 1.807) is 11.3 Å². The van der Waals surface area contributed by atoms with Crippen molar-refractivity contribution in [3.05, 3.63) is 133 Å². The summed E-state index contributed by atoms with van der Waals surface area (Å²) < 4.78 is 6.86. The van der Waals surface area contributed by atoms with Crippen LogP contribution < -0.4 is 0 Å². The van der Waals surface area contributed by atoms with Crippen LogP contribution in [0.1, 0.15) is 0 Å². The third-order valence-corrected chi connectivity index (χ3v) is 9.86. The molecule has 4 nitrogen and oxygen atoms in total. The molecule has 10 aromatic rings. The maximum atomic E-state index is 5.48. The van der Waals surface area contributed by atoms with Crippen LogP contribution >= 0.6 is 11.3 Å². The first-order valence-corrected chi connectivity index (χ1v) is 15.3. The monoisotopic (exact) mass is 566 g/mol. The van der Waals surface area contributed by atoms with Gasteiger partial charge in [0.2, 0.25) is 5.95 Å². The molecule has 0 spiro atoms. The van der Waals surface area contributed by atoms with Gasteiger partial charge in [-0.3, -0.25) is 9.13 Å². The van der Waals surface area contributed by atoms with Gasteiger partial charge in [0.25, 0.3) is 0 Å². The molecule has 6 aromatic carbocycles. The third-order valence-electron chi connectivity index (χ3n) is 8.72. The van der Waals surface area contributed by atoms with Gasteiger partial charge in [0, 0.05) is 31.6 Å². The van der Waals surface area contributed by atoms with Crippen molar-refractivity contribution in [2.24, 2.45) is 0 Å². The number of thiophene rings is 1. The van der Waals surface area contributed by atoms with Crippen molar-refractivity contribution in [2.75, 3.05) is 0 Å². The van der Waals surface area contributed by atoms with Gasteiger partial charge >= 0.3 is 0 Å². The van der Waals surface area contributed by atoms with Crippen molar-refractivity contribution in [2.45, 2.75) is 0 Å². The summed E-state index contributed by atoms with van der Waals surface area (Å²) in [5.74, 6) is 1.58. The lowest BCUT2D eigenvalue weighted by atomic mass is 10.1. The van der Waals surface area contributed by atoms with Crippen LogP contribution in [0.4, 0.5) is 0 Å². The summed E-state index contributed by atoms with van der Waals surface area (Å²) in [7, 11) is 0. The molecule has 0 atom stereocenters. The van der Waals surface area contributed by atoms with Crippen LogP contribution in [-0.4, -0.2) is 19.1 Å². The molecule has 0 aliphatic rings. The molecule has 0 aliphatic carbocycles. The highest BCUT2D eigenvalue weighted by atomic mass is 32.1. The van der Waals surface area contributed by atoms with Gasteiger partial charge in [-0.1, -0.05) is 97.1 Å². The molecule has 0 amide bonds. The first kappa shape index (κ1) is 23.1. The van der Waals surface area contributed by atoms with E-state index in [1.807, 2.05) is 0 Å².